The first-order valence-corrected chi connectivity index (χ1v) is 4.23. The maximum absolute atomic E-state index is 8.62. The summed E-state index contributed by atoms with van der Waals surface area (Å²) in [6, 6.07) is 8.28. The fraction of sp³-hybridized carbons (Fsp3) is 0.200. The van der Waals surface area contributed by atoms with Gasteiger partial charge < -0.3 is 9.72 Å². The summed E-state index contributed by atoms with van der Waals surface area (Å²) in [6.07, 6.45) is 0.366. The van der Waals surface area contributed by atoms with Crippen molar-refractivity contribution in [3.8, 4) is 12.1 Å². The molecule has 2 rings (SSSR count). The van der Waals surface area contributed by atoms with Crippen molar-refractivity contribution in [1.82, 2.24) is 9.97 Å². The lowest BCUT2D eigenvalue weighted by molar-refractivity contribution is 0.386. The Labute approximate surface area is 81.1 Å². The number of aromatic amines is 1. The standard InChI is InChI=1S/C10H9N3O/c1-14-10-12-8-4-2-3-7(5-6-11)9(8)13-10/h2-4H,5H2,1H3,(H,12,13). The van der Waals surface area contributed by atoms with Gasteiger partial charge in [0.15, 0.2) is 0 Å². The highest BCUT2D eigenvalue weighted by Crippen LogP contribution is 2.19. The summed E-state index contributed by atoms with van der Waals surface area (Å²) >= 11 is 0. The Balaban J connectivity index is 2.62. The normalized spacial score (nSPS) is 10.0. The van der Waals surface area contributed by atoms with Crippen molar-refractivity contribution in [3.63, 3.8) is 0 Å². The van der Waals surface area contributed by atoms with E-state index in [1.165, 1.54) is 0 Å². The quantitative estimate of drug-likeness (QED) is 0.777. The molecule has 0 aliphatic carbocycles. The van der Waals surface area contributed by atoms with E-state index >= 15 is 0 Å². The van der Waals surface area contributed by atoms with Crippen molar-refractivity contribution in [1.29, 1.82) is 5.26 Å². The van der Waals surface area contributed by atoms with E-state index < -0.39 is 0 Å². The van der Waals surface area contributed by atoms with Crippen LogP contribution in [0.1, 0.15) is 5.56 Å². The predicted octanol–water partition coefficient (Wildman–Crippen LogP) is 1.64. The molecular formula is C10H9N3O. The molecular weight excluding hydrogens is 178 g/mol. The van der Waals surface area contributed by atoms with Gasteiger partial charge in [0, 0.05) is 0 Å². The van der Waals surface area contributed by atoms with Gasteiger partial charge in [-0.25, -0.2) is 0 Å². The number of fused-ring (bicyclic) bond motifs is 1. The predicted molar refractivity (Wildman–Crippen MR) is 52.0 cm³/mol. The summed E-state index contributed by atoms with van der Waals surface area (Å²) in [4.78, 5) is 7.22. The van der Waals surface area contributed by atoms with Gasteiger partial charge in [-0.2, -0.15) is 10.2 Å². The van der Waals surface area contributed by atoms with Crippen LogP contribution < -0.4 is 4.74 Å². The molecule has 1 N–H and O–H groups in total. The molecule has 0 bridgehead atoms. The van der Waals surface area contributed by atoms with Crippen LogP contribution in [0.25, 0.3) is 11.0 Å². The van der Waals surface area contributed by atoms with Crippen molar-refractivity contribution in [3.05, 3.63) is 23.8 Å². The number of ether oxygens (including phenoxy) is 1. The van der Waals surface area contributed by atoms with Gasteiger partial charge in [-0.3, -0.25) is 0 Å². The molecule has 0 radical (unpaired) electrons. The maximum Gasteiger partial charge on any atom is 0.294 e. The van der Waals surface area contributed by atoms with Crippen LogP contribution in [0, 0.1) is 11.3 Å². The Bertz CT molecular complexity index is 496. The number of rotatable bonds is 2. The van der Waals surface area contributed by atoms with E-state index in [0.29, 0.717) is 12.4 Å². The molecule has 4 nitrogen and oxygen atoms in total. The van der Waals surface area contributed by atoms with Crippen molar-refractivity contribution in [2.24, 2.45) is 0 Å². The van der Waals surface area contributed by atoms with E-state index in [2.05, 4.69) is 16.0 Å². The third kappa shape index (κ3) is 1.29. The number of para-hydroxylation sites is 1. The van der Waals surface area contributed by atoms with Crippen LogP contribution in [0.5, 0.6) is 6.01 Å². The lowest BCUT2D eigenvalue weighted by Crippen LogP contribution is -1.84. The first kappa shape index (κ1) is 8.57. The number of H-pyrrole nitrogens is 1. The molecule has 2 aromatic rings. The Morgan fingerprint density at radius 2 is 2.43 bits per heavy atom. The number of aromatic nitrogens is 2. The van der Waals surface area contributed by atoms with Crippen LogP contribution in [-0.4, -0.2) is 17.1 Å². The summed E-state index contributed by atoms with van der Waals surface area (Å²) in [6.45, 7) is 0. The summed E-state index contributed by atoms with van der Waals surface area (Å²) in [5.41, 5.74) is 2.63. The number of nitrogens with zero attached hydrogens (tertiary/aromatic N) is 2. The highest BCUT2D eigenvalue weighted by atomic mass is 16.5. The van der Waals surface area contributed by atoms with Crippen LogP contribution in [0.2, 0.25) is 0 Å². The van der Waals surface area contributed by atoms with Gasteiger partial charge in [-0.1, -0.05) is 12.1 Å². The van der Waals surface area contributed by atoms with Crippen LogP contribution in [0.4, 0.5) is 0 Å². The minimum atomic E-state index is 0.366. The molecule has 0 amide bonds. The van der Waals surface area contributed by atoms with Gasteiger partial charge in [-0.15, -0.1) is 0 Å². The van der Waals surface area contributed by atoms with Crippen LogP contribution >= 0.6 is 0 Å². The summed E-state index contributed by atoms with van der Waals surface area (Å²) < 4.78 is 4.98. The van der Waals surface area contributed by atoms with Gasteiger partial charge in [-0.05, 0) is 11.6 Å². The number of imidazole rings is 1. The zero-order valence-electron chi connectivity index (χ0n) is 7.74. The summed E-state index contributed by atoms with van der Waals surface area (Å²) in [5.74, 6) is 0. The van der Waals surface area contributed by atoms with Crippen LogP contribution in [0.3, 0.4) is 0 Å². The molecule has 1 aromatic carbocycles. The first-order chi connectivity index (χ1) is 6.85. The van der Waals surface area contributed by atoms with Gasteiger partial charge in [0.25, 0.3) is 6.01 Å². The highest BCUT2D eigenvalue weighted by molar-refractivity contribution is 5.79. The minimum Gasteiger partial charge on any atom is -0.468 e. The second-order valence-corrected chi connectivity index (χ2v) is 2.89. The second-order valence-electron chi connectivity index (χ2n) is 2.89. The van der Waals surface area contributed by atoms with Gasteiger partial charge in [0.2, 0.25) is 0 Å². The second kappa shape index (κ2) is 3.38. The molecule has 0 saturated heterocycles. The summed E-state index contributed by atoms with van der Waals surface area (Å²) in [7, 11) is 1.56. The lowest BCUT2D eigenvalue weighted by atomic mass is 10.1. The van der Waals surface area contributed by atoms with Gasteiger partial charge in [0.05, 0.1) is 30.6 Å². The van der Waals surface area contributed by atoms with Crippen molar-refractivity contribution >= 4 is 11.0 Å². The topological polar surface area (TPSA) is 61.7 Å². The smallest absolute Gasteiger partial charge is 0.294 e. The van der Waals surface area contributed by atoms with E-state index in [4.69, 9.17) is 10.00 Å². The van der Waals surface area contributed by atoms with Crippen molar-refractivity contribution in [2.75, 3.05) is 7.11 Å². The number of nitriles is 1. The molecule has 1 aromatic heterocycles. The Morgan fingerprint density at radius 1 is 1.57 bits per heavy atom. The molecule has 0 aliphatic heterocycles. The van der Waals surface area contributed by atoms with E-state index in [9.17, 15) is 0 Å². The number of hydrogen-bond donors (Lipinski definition) is 1. The molecule has 0 atom stereocenters. The average Bonchev–Trinajstić information content (AvgIpc) is 2.62. The Hall–Kier alpha value is -2.02. The average molecular weight is 187 g/mol. The van der Waals surface area contributed by atoms with Crippen LogP contribution in [-0.2, 0) is 6.42 Å². The molecule has 4 heteroatoms. The number of nitrogens with one attached hydrogen (secondary N) is 1. The largest absolute Gasteiger partial charge is 0.468 e. The molecule has 0 aliphatic rings. The zero-order chi connectivity index (χ0) is 9.97. The Morgan fingerprint density at radius 3 is 3.14 bits per heavy atom. The SMILES string of the molecule is COc1nc2c(CC#N)cccc2[nH]1. The number of hydrogen-bond acceptors (Lipinski definition) is 3. The van der Waals surface area contributed by atoms with E-state index in [1.807, 2.05) is 18.2 Å². The summed E-state index contributed by atoms with van der Waals surface area (Å²) in [5, 5.41) is 8.62. The minimum absolute atomic E-state index is 0.366. The van der Waals surface area contributed by atoms with E-state index in [-0.39, 0.29) is 0 Å². The molecule has 0 fully saturated rings. The maximum atomic E-state index is 8.62. The molecule has 0 saturated carbocycles. The Kier molecular flexibility index (Phi) is 2.07. The molecule has 70 valence electrons. The molecule has 0 unspecified atom stereocenters. The number of benzene rings is 1. The number of methoxy groups -OCH3 is 1. The third-order valence-corrected chi connectivity index (χ3v) is 2.04. The van der Waals surface area contributed by atoms with Gasteiger partial charge in [0.1, 0.15) is 0 Å². The van der Waals surface area contributed by atoms with Crippen molar-refractivity contribution < 1.29 is 4.74 Å². The van der Waals surface area contributed by atoms with Crippen molar-refractivity contribution in [2.45, 2.75) is 6.42 Å². The highest BCUT2D eigenvalue weighted by Gasteiger charge is 2.06. The fourth-order valence-corrected chi connectivity index (χ4v) is 1.39. The van der Waals surface area contributed by atoms with E-state index in [0.717, 1.165) is 16.6 Å². The third-order valence-electron chi connectivity index (χ3n) is 2.04. The van der Waals surface area contributed by atoms with Crippen LogP contribution in [0.15, 0.2) is 18.2 Å². The monoisotopic (exact) mass is 187 g/mol. The van der Waals surface area contributed by atoms with Gasteiger partial charge >= 0.3 is 0 Å². The fourth-order valence-electron chi connectivity index (χ4n) is 1.39. The molecule has 14 heavy (non-hydrogen) atoms. The lowest BCUT2D eigenvalue weighted by Gasteiger charge is -1.93. The molecule has 0 spiro atoms. The zero-order valence-corrected chi connectivity index (χ0v) is 7.74. The first-order valence-electron chi connectivity index (χ1n) is 4.23. The molecule has 1 heterocycles. The van der Waals surface area contributed by atoms with E-state index in [1.54, 1.807) is 7.11 Å².